The van der Waals surface area contributed by atoms with E-state index in [0.29, 0.717) is 33.7 Å². The number of para-hydroxylation sites is 2. The summed E-state index contributed by atoms with van der Waals surface area (Å²) in [7, 11) is 3.10. The fourth-order valence-electron chi connectivity index (χ4n) is 2.82. The minimum absolute atomic E-state index is 0.225. The molecule has 0 aliphatic rings. The molecule has 4 aromatic rings. The average molecular weight is 391 g/mol. The van der Waals surface area contributed by atoms with Gasteiger partial charge in [0.15, 0.2) is 11.4 Å². The smallest absolute Gasteiger partial charge is 0.231 e. The molecule has 0 aliphatic heterocycles. The molecule has 0 amide bonds. The number of carbonyl (C=O) groups excluding carboxylic acids is 1. The third kappa shape index (κ3) is 3.54. The van der Waals surface area contributed by atoms with Crippen LogP contribution < -0.4 is 9.47 Å². The van der Waals surface area contributed by atoms with E-state index in [9.17, 15) is 4.79 Å². The normalized spacial score (nSPS) is 11.6. The number of rotatable bonds is 6. The molecule has 0 saturated carbocycles. The maximum absolute atomic E-state index is 13.4. The number of aromatic nitrogens is 1. The van der Waals surface area contributed by atoms with Crippen molar-refractivity contribution < 1.29 is 18.7 Å². The number of methoxy groups -OCH3 is 2. The molecule has 2 aromatic carbocycles. The van der Waals surface area contributed by atoms with E-state index in [1.54, 1.807) is 38.5 Å². The molecule has 6 heteroatoms. The maximum Gasteiger partial charge on any atom is 0.231 e. The van der Waals surface area contributed by atoms with Crippen LogP contribution in [0.5, 0.6) is 11.5 Å². The summed E-state index contributed by atoms with van der Waals surface area (Å²) in [5.41, 5.74) is 2.13. The van der Waals surface area contributed by atoms with Gasteiger partial charge in [-0.1, -0.05) is 18.2 Å². The van der Waals surface area contributed by atoms with Crippen molar-refractivity contribution in [1.82, 2.24) is 4.98 Å². The van der Waals surface area contributed by atoms with Crippen LogP contribution in [0.4, 0.5) is 0 Å². The van der Waals surface area contributed by atoms with Crippen molar-refractivity contribution in [2.24, 2.45) is 0 Å². The van der Waals surface area contributed by atoms with Gasteiger partial charge in [-0.25, -0.2) is 4.98 Å². The molecule has 0 bridgehead atoms. The van der Waals surface area contributed by atoms with Crippen LogP contribution in [0, 0.1) is 0 Å². The number of ether oxygens (including phenoxy) is 2. The highest BCUT2D eigenvalue weighted by Crippen LogP contribution is 2.30. The fraction of sp³-hybridized carbons (Fsp3) is 0.0909. The fourth-order valence-corrected chi connectivity index (χ4v) is 3.48. The summed E-state index contributed by atoms with van der Waals surface area (Å²) in [6, 6.07) is 16.4. The highest BCUT2D eigenvalue weighted by atomic mass is 32.1. The summed E-state index contributed by atoms with van der Waals surface area (Å²) in [6.45, 7) is 0. The van der Waals surface area contributed by atoms with Gasteiger partial charge in [0, 0.05) is 16.5 Å². The van der Waals surface area contributed by atoms with Crippen molar-refractivity contribution in [1.29, 1.82) is 0 Å². The zero-order valence-electron chi connectivity index (χ0n) is 15.3. The van der Waals surface area contributed by atoms with Crippen LogP contribution in [0.2, 0.25) is 0 Å². The second-order valence-corrected chi connectivity index (χ2v) is 6.97. The molecule has 2 aromatic heterocycles. The van der Waals surface area contributed by atoms with E-state index in [2.05, 4.69) is 4.98 Å². The Hall–Kier alpha value is -3.38. The van der Waals surface area contributed by atoms with Gasteiger partial charge in [0.25, 0.3) is 0 Å². The third-order valence-corrected chi connectivity index (χ3v) is 5.03. The van der Waals surface area contributed by atoms with E-state index in [1.807, 2.05) is 41.8 Å². The van der Waals surface area contributed by atoms with Crippen molar-refractivity contribution in [3.63, 3.8) is 0 Å². The Balaban J connectivity index is 1.85. The Labute approximate surface area is 165 Å². The number of carbonyl (C=O) groups is 1. The van der Waals surface area contributed by atoms with E-state index in [1.165, 1.54) is 11.3 Å². The monoisotopic (exact) mass is 391 g/mol. The lowest BCUT2D eigenvalue weighted by Crippen LogP contribution is -2.04. The van der Waals surface area contributed by atoms with Crippen LogP contribution in [-0.2, 0) is 0 Å². The van der Waals surface area contributed by atoms with Crippen LogP contribution in [0.1, 0.15) is 21.1 Å². The van der Waals surface area contributed by atoms with Gasteiger partial charge < -0.3 is 13.9 Å². The molecule has 0 spiro atoms. The summed E-state index contributed by atoms with van der Waals surface area (Å²) in [5, 5.41) is 1.95. The van der Waals surface area contributed by atoms with E-state index in [0.717, 1.165) is 4.88 Å². The van der Waals surface area contributed by atoms with E-state index >= 15 is 0 Å². The zero-order chi connectivity index (χ0) is 19.5. The molecule has 140 valence electrons. The second-order valence-electron chi connectivity index (χ2n) is 5.99. The van der Waals surface area contributed by atoms with Crippen molar-refractivity contribution in [3.05, 3.63) is 76.3 Å². The number of hydrogen-bond acceptors (Lipinski definition) is 6. The molecule has 4 rings (SSSR count). The van der Waals surface area contributed by atoms with Gasteiger partial charge in [-0.05, 0) is 41.8 Å². The first-order chi connectivity index (χ1) is 13.7. The highest BCUT2D eigenvalue weighted by molar-refractivity contribution is 7.11. The lowest BCUT2D eigenvalue weighted by Gasteiger charge is -2.08. The molecule has 0 atom stereocenters. The number of ketones is 1. The molecule has 0 saturated heterocycles. The summed E-state index contributed by atoms with van der Waals surface area (Å²) in [4.78, 5) is 18.9. The molecule has 0 N–H and O–H groups in total. The Bertz CT molecular complexity index is 1100. The molecule has 0 unspecified atom stereocenters. The second kappa shape index (κ2) is 7.70. The van der Waals surface area contributed by atoms with Crippen LogP contribution >= 0.6 is 11.3 Å². The number of hydrogen-bond donors (Lipinski definition) is 0. The van der Waals surface area contributed by atoms with Gasteiger partial charge in [-0.2, -0.15) is 0 Å². The van der Waals surface area contributed by atoms with Crippen LogP contribution in [0.25, 0.3) is 22.7 Å². The van der Waals surface area contributed by atoms with Gasteiger partial charge in [-0.3, -0.25) is 4.79 Å². The number of thiophene rings is 1. The zero-order valence-corrected chi connectivity index (χ0v) is 16.2. The van der Waals surface area contributed by atoms with Crippen molar-refractivity contribution in [2.75, 3.05) is 14.2 Å². The van der Waals surface area contributed by atoms with Gasteiger partial charge in [-0.15, -0.1) is 11.3 Å². The van der Waals surface area contributed by atoms with Gasteiger partial charge in [0.05, 0.1) is 19.8 Å². The Morgan fingerprint density at radius 2 is 1.79 bits per heavy atom. The largest absolute Gasteiger partial charge is 0.497 e. The number of oxazole rings is 1. The van der Waals surface area contributed by atoms with E-state index < -0.39 is 0 Å². The lowest BCUT2D eigenvalue weighted by molar-refractivity contribution is 0.105. The van der Waals surface area contributed by atoms with Gasteiger partial charge in [0.2, 0.25) is 5.89 Å². The van der Waals surface area contributed by atoms with Crippen LogP contribution in [0.3, 0.4) is 0 Å². The lowest BCUT2D eigenvalue weighted by atomic mass is 10.0. The summed E-state index contributed by atoms with van der Waals surface area (Å²) < 4.78 is 16.5. The molecule has 2 heterocycles. The number of fused-ring (bicyclic) bond motifs is 1. The van der Waals surface area contributed by atoms with Crippen LogP contribution in [0.15, 0.2) is 64.4 Å². The standard InChI is InChI=1S/C22H17NO4S/c1-25-15-10-14(11-16(12-15)26-2)21(24)18(13-17-6-5-9-28-17)22-23-19-7-3-4-8-20(19)27-22/h3-13H,1-2H3/b18-13+. The predicted molar refractivity (Wildman–Crippen MR) is 110 cm³/mol. The SMILES string of the molecule is COc1cc(OC)cc(C(=O)/C(=C\c2cccs2)c2nc3ccccc3o2)c1. The summed E-state index contributed by atoms with van der Waals surface area (Å²) in [5.74, 6) is 1.13. The first kappa shape index (κ1) is 18.0. The maximum atomic E-state index is 13.4. The number of Topliss-reactive ketones (excluding diaryl/α,β-unsaturated/α-hetero) is 1. The Kier molecular flexibility index (Phi) is 4.95. The minimum atomic E-state index is -0.225. The van der Waals surface area contributed by atoms with Gasteiger partial charge in [0.1, 0.15) is 17.0 Å². The molecular weight excluding hydrogens is 374 g/mol. The first-order valence-corrected chi connectivity index (χ1v) is 9.45. The van der Waals surface area contributed by atoms with E-state index in [-0.39, 0.29) is 11.7 Å². The molecule has 0 aliphatic carbocycles. The number of nitrogens with zero attached hydrogens (tertiary/aromatic N) is 1. The highest BCUT2D eigenvalue weighted by Gasteiger charge is 2.21. The van der Waals surface area contributed by atoms with E-state index in [4.69, 9.17) is 13.9 Å². The van der Waals surface area contributed by atoms with Gasteiger partial charge >= 0.3 is 0 Å². The first-order valence-electron chi connectivity index (χ1n) is 8.57. The van der Waals surface area contributed by atoms with Crippen molar-refractivity contribution in [2.45, 2.75) is 0 Å². The summed E-state index contributed by atoms with van der Waals surface area (Å²) >= 11 is 1.53. The predicted octanol–water partition coefficient (Wildman–Crippen LogP) is 5.33. The average Bonchev–Trinajstić information content (AvgIpc) is 3.40. The molecule has 0 radical (unpaired) electrons. The third-order valence-electron chi connectivity index (χ3n) is 4.21. The molecular formula is C22H17NO4S. The topological polar surface area (TPSA) is 61.6 Å². The minimum Gasteiger partial charge on any atom is -0.497 e. The van der Waals surface area contributed by atoms with Crippen molar-refractivity contribution in [3.8, 4) is 11.5 Å². The Morgan fingerprint density at radius 1 is 1.04 bits per heavy atom. The molecule has 0 fully saturated rings. The molecule has 28 heavy (non-hydrogen) atoms. The number of allylic oxidation sites excluding steroid dienone is 1. The number of benzene rings is 2. The summed E-state index contributed by atoms with van der Waals surface area (Å²) in [6.07, 6.45) is 1.80. The Morgan fingerprint density at radius 3 is 2.43 bits per heavy atom. The van der Waals surface area contributed by atoms with Crippen LogP contribution in [-0.4, -0.2) is 25.0 Å². The quantitative estimate of drug-likeness (QED) is 0.328. The van der Waals surface area contributed by atoms with Crippen molar-refractivity contribution >= 4 is 39.9 Å². The molecule has 5 nitrogen and oxygen atoms in total.